The number of amides is 2. The minimum atomic E-state index is -0.621. The molecule has 1 saturated carbocycles. The van der Waals surface area contributed by atoms with Gasteiger partial charge >= 0.3 is 0 Å². The van der Waals surface area contributed by atoms with Crippen molar-refractivity contribution >= 4 is 28.3 Å². The highest BCUT2D eigenvalue weighted by molar-refractivity contribution is 6.08. The number of rotatable bonds is 5. The number of fused-ring (bicyclic) bond motifs is 1. The van der Waals surface area contributed by atoms with Gasteiger partial charge in [-0.25, -0.2) is 0 Å². The Hall–Kier alpha value is -2.40. The van der Waals surface area contributed by atoms with Crippen molar-refractivity contribution in [3.05, 3.63) is 42.0 Å². The van der Waals surface area contributed by atoms with Crippen LogP contribution in [0.2, 0.25) is 0 Å². The normalized spacial score (nSPS) is 15.2. The summed E-state index contributed by atoms with van der Waals surface area (Å²) in [6, 6.07) is 11.3. The summed E-state index contributed by atoms with van der Waals surface area (Å²) in [5.41, 5.74) is 0.932. The molecular weight excluding hydrogens is 292 g/mol. The van der Waals surface area contributed by atoms with Crippen molar-refractivity contribution < 1.29 is 14.7 Å². The maximum Gasteiger partial charge on any atom is 0.253 e. The summed E-state index contributed by atoms with van der Waals surface area (Å²) in [6.45, 7) is 1.78. The van der Waals surface area contributed by atoms with Crippen LogP contribution in [0, 0.1) is 5.92 Å². The Balaban J connectivity index is 1.94. The summed E-state index contributed by atoms with van der Waals surface area (Å²) in [6.07, 6.45) is 1.19. The van der Waals surface area contributed by atoms with Crippen molar-refractivity contribution in [3.63, 3.8) is 0 Å². The Bertz CT molecular complexity index is 751. The third-order valence-corrected chi connectivity index (χ3v) is 3.89. The fraction of sp³-hybridized carbons (Fsp3) is 0.333. The largest absolute Gasteiger partial charge is 0.392 e. The van der Waals surface area contributed by atoms with Gasteiger partial charge in [-0.15, -0.1) is 0 Å². The van der Waals surface area contributed by atoms with E-state index in [9.17, 15) is 14.7 Å². The van der Waals surface area contributed by atoms with E-state index in [0.29, 0.717) is 11.3 Å². The first-order valence-corrected chi connectivity index (χ1v) is 7.84. The minimum absolute atomic E-state index is 0.0372. The van der Waals surface area contributed by atoms with Crippen LogP contribution >= 0.6 is 0 Å². The molecule has 120 valence electrons. The molecule has 5 nitrogen and oxygen atoms in total. The van der Waals surface area contributed by atoms with Gasteiger partial charge < -0.3 is 15.7 Å². The van der Waals surface area contributed by atoms with Gasteiger partial charge in [0.1, 0.15) is 0 Å². The fourth-order valence-electron chi connectivity index (χ4n) is 2.45. The molecule has 0 aromatic heterocycles. The number of aliphatic hydroxyl groups excluding tert-OH is 1. The highest BCUT2D eigenvalue weighted by Gasteiger charge is 2.30. The second-order valence-corrected chi connectivity index (χ2v) is 6.07. The zero-order chi connectivity index (χ0) is 16.4. The fourth-order valence-corrected chi connectivity index (χ4v) is 2.45. The summed E-state index contributed by atoms with van der Waals surface area (Å²) in [5, 5.41) is 16.8. The Morgan fingerprint density at radius 2 is 1.87 bits per heavy atom. The summed E-state index contributed by atoms with van der Waals surface area (Å²) in [5.74, 6) is -0.276. The summed E-state index contributed by atoms with van der Waals surface area (Å²) in [4.78, 5) is 24.5. The average Bonchev–Trinajstić information content (AvgIpc) is 3.36. The van der Waals surface area contributed by atoms with Crippen LogP contribution in [0.25, 0.3) is 10.8 Å². The van der Waals surface area contributed by atoms with E-state index in [1.165, 1.54) is 0 Å². The molecule has 2 aromatic rings. The molecule has 1 aliphatic carbocycles. The van der Waals surface area contributed by atoms with E-state index in [1.807, 2.05) is 30.3 Å². The number of nitrogens with one attached hydrogen (secondary N) is 2. The van der Waals surface area contributed by atoms with E-state index in [1.54, 1.807) is 13.0 Å². The van der Waals surface area contributed by atoms with Crippen LogP contribution in [-0.2, 0) is 4.79 Å². The van der Waals surface area contributed by atoms with Crippen molar-refractivity contribution in [1.29, 1.82) is 0 Å². The molecule has 5 heteroatoms. The molecule has 0 spiro atoms. The van der Waals surface area contributed by atoms with Crippen molar-refractivity contribution in [3.8, 4) is 0 Å². The zero-order valence-corrected chi connectivity index (χ0v) is 13.0. The number of anilines is 1. The highest BCUT2D eigenvalue weighted by Crippen LogP contribution is 2.31. The van der Waals surface area contributed by atoms with E-state index in [2.05, 4.69) is 10.6 Å². The maximum atomic E-state index is 12.4. The molecule has 2 amide bonds. The molecule has 1 unspecified atom stereocenters. The highest BCUT2D eigenvalue weighted by atomic mass is 16.3. The lowest BCUT2D eigenvalue weighted by atomic mass is 10.0. The molecule has 2 aromatic carbocycles. The summed E-state index contributed by atoms with van der Waals surface area (Å²) in [7, 11) is 0. The van der Waals surface area contributed by atoms with Gasteiger partial charge in [-0.2, -0.15) is 0 Å². The Morgan fingerprint density at radius 3 is 2.48 bits per heavy atom. The third-order valence-electron chi connectivity index (χ3n) is 3.89. The molecule has 3 N–H and O–H groups in total. The molecule has 0 radical (unpaired) electrons. The first-order valence-electron chi connectivity index (χ1n) is 7.84. The smallest absolute Gasteiger partial charge is 0.253 e. The lowest BCUT2D eigenvalue weighted by Gasteiger charge is -2.14. The number of aliphatic hydroxyl groups is 1. The van der Waals surface area contributed by atoms with Crippen LogP contribution < -0.4 is 10.6 Å². The van der Waals surface area contributed by atoms with E-state index >= 15 is 0 Å². The summed E-state index contributed by atoms with van der Waals surface area (Å²) < 4.78 is 0. The van der Waals surface area contributed by atoms with Crippen LogP contribution in [0.1, 0.15) is 30.1 Å². The molecule has 0 saturated heterocycles. The Morgan fingerprint density at radius 1 is 1.22 bits per heavy atom. The molecule has 0 aliphatic heterocycles. The third kappa shape index (κ3) is 3.68. The number of benzene rings is 2. The van der Waals surface area contributed by atoms with Crippen LogP contribution in [-0.4, -0.2) is 29.6 Å². The maximum absolute atomic E-state index is 12.4. The van der Waals surface area contributed by atoms with Crippen LogP contribution in [0.15, 0.2) is 36.4 Å². The molecule has 1 atom stereocenters. The first kappa shape index (κ1) is 15.5. The quantitative estimate of drug-likeness (QED) is 0.792. The van der Waals surface area contributed by atoms with E-state index in [-0.39, 0.29) is 24.3 Å². The second-order valence-electron chi connectivity index (χ2n) is 6.07. The minimum Gasteiger partial charge on any atom is -0.392 e. The van der Waals surface area contributed by atoms with E-state index in [4.69, 9.17) is 0 Å². The van der Waals surface area contributed by atoms with Crippen molar-refractivity contribution in [2.75, 3.05) is 11.9 Å². The van der Waals surface area contributed by atoms with Gasteiger partial charge in [0.05, 0.1) is 17.4 Å². The topological polar surface area (TPSA) is 78.4 Å². The van der Waals surface area contributed by atoms with Crippen molar-refractivity contribution in [1.82, 2.24) is 5.32 Å². The van der Waals surface area contributed by atoms with Crippen molar-refractivity contribution in [2.24, 2.45) is 5.92 Å². The predicted molar refractivity (Wildman–Crippen MR) is 89.3 cm³/mol. The van der Waals surface area contributed by atoms with Crippen LogP contribution in [0.3, 0.4) is 0 Å². The van der Waals surface area contributed by atoms with Gasteiger partial charge in [-0.1, -0.05) is 24.3 Å². The number of hydrogen-bond donors (Lipinski definition) is 3. The number of carbonyl (C=O) groups is 2. The van der Waals surface area contributed by atoms with Crippen molar-refractivity contribution in [2.45, 2.75) is 25.9 Å². The molecule has 0 heterocycles. The second kappa shape index (κ2) is 6.38. The van der Waals surface area contributed by atoms with Crippen LogP contribution in [0.4, 0.5) is 5.69 Å². The van der Waals surface area contributed by atoms with Gasteiger partial charge in [-0.3, -0.25) is 9.59 Å². The number of hydrogen-bond acceptors (Lipinski definition) is 3. The SMILES string of the molecule is CC(O)CNC(=O)c1cc2ccccc2cc1NC(=O)C1CC1. The lowest BCUT2D eigenvalue weighted by Crippen LogP contribution is -2.31. The monoisotopic (exact) mass is 312 g/mol. The molecule has 1 aliphatic rings. The molecule has 23 heavy (non-hydrogen) atoms. The standard InChI is InChI=1S/C18H20N2O3/c1-11(21)10-19-18(23)15-8-13-4-2-3-5-14(13)9-16(15)20-17(22)12-6-7-12/h2-5,8-9,11-12,21H,6-7,10H2,1H3,(H,19,23)(H,20,22). The van der Waals surface area contributed by atoms with Gasteiger partial charge in [0.2, 0.25) is 5.91 Å². The van der Waals surface area contributed by atoms with E-state index < -0.39 is 6.10 Å². The predicted octanol–water partition coefficient (Wildman–Crippen LogP) is 2.30. The molecular formula is C18H20N2O3. The Labute approximate surface area is 134 Å². The number of carbonyl (C=O) groups excluding carboxylic acids is 2. The van der Waals surface area contributed by atoms with Gasteiger partial charge in [-0.05, 0) is 42.7 Å². The van der Waals surface area contributed by atoms with Gasteiger partial charge in [0, 0.05) is 12.5 Å². The van der Waals surface area contributed by atoms with Crippen LogP contribution in [0.5, 0.6) is 0 Å². The molecule has 1 fully saturated rings. The molecule has 3 rings (SSSR count). The Kier molecular flexibility index (Phi) is 4.30. The lowest BCUT2D eigenvalue weighted by molar-refractivity contribution is -0.117. The zero-order valence-electron chi connectivity index (χ0n) is 13.0. The van der Waals surface area contributed by atoms with E-state index in [0.717, 1.165) is 23.6 Å². The van der Waals surface area contributed by atoms with Gasteiger partial charge in [0.25, 0.3) is 5.91 Å². The summed E-state index contributed by atoms with van der Waals surface area (Å²) >= 11 is 0. The first-order chi connectivity index (χ1) is 11.0. The molecule has 0 bridgehead atoms. The average molecular weight is 312 g/mol. The van der Waals surface area contributed by atoms with Gasteiger partial charge in [0.15, 0.2) is 0 Å².